The van der Waals surface area contributed by atoms with Gasteiger partial charge < -0.3 is 11.1 Å². The number of anilines is 1. The highest BCUT2D eigenvalue weighted by Crippen LogP contribution is 2.19. The maximum Gasteiger partial charge on any atom is 0.101 e. The zero-order valence-electron chi connectivity index (χ0n) is 7.92. The third-order valence-electron chi connectivity index (χ3n) is 1.72. The van der Waals surface area contributed by atoms with Gasteiger partial charge in [0.25, 0.3) is 0 Å². The number of nitrogens with two attached hydrogens (primary N) is 1. The van der Waals surface area contributed by atoms with E-state index < -0.39 is 0 Å². The molecule has 1 aromatic rings. The van der Waals surface area contributed by atoms with Gasteiger partial charge in [-0.25, -0.2) is 0 Å². The lowest BCUT2D eigenvalue weighted by atomic mass is 10.2. The van der Waals surface area contributed by atoms with E-state index in [2.05, 4.69) is 11.4 Å². The predicted octanol–water partition coefficient (Wildman–Crippen LogP) is 1.97. The highest BCUT2D eigenvalue weighted by molar-refractivity contribution is 6.30. The second-order valence-electron chi connectivity index (χ2n) is 3.16. The Balaban J connectivity index is 2.84. The Kier molecular flexibility index (Phi) is 3.75. The monoisotopic (exact) mass is 209 g/mol. The molecule has 1 atom stereocenters. The normalized spacial score (nSPS) is 11.9. The molecule has 4 heteroatoms. The van der Waals surface area contributed by atoms with E-state index in [-0.39, 0.29) is 6.04 Å². The first-order chi connectivity index (χ1) is 6.63. The van der Waals surface area contributed by atoms with Crippen LogP contribution in [-0.2, 0) is 0 Å². The van der Waals surface area contributed by atoms with Crippen molar-refractivity contribution in [2.24, 2.45) is 5.73 Å². The Bertz CT molecular complexity index is 355. The van der Waals surface area contributed by atoms with Gasteiger partial charge in [0.1, 0.15) is 6.07 Å². The van der Waals surface area contributed by atoms with E-state index in [4.69, 9.17) is 22.6 Å². The first-order valence-electron chi connectivity index (χ1n) is 4.32. The molecule has 0 fully saturated rings. The van der Waals surface area contributed by atoms with Gasteiger partial charge in [-0.3, -0.25) is 0 Å². The molecular formula is C10H12ClN3. The quantitative estimate of drug-likeness (QED) is 0.800. The summed E-state index contributed by atoms with van der Waals surface area (Å²) >= 11 is 5.81. The number of halogens is 1. The van der Waals surface area contributed by atoms with Crippen LogP contribution >= 0.6 is 11.6 Å². The standard InChI is InChI=1S/C10H12ClN3/c1-7(13)6-14-10-4-9(11)3-2-8(10)5-12/h2-4,7,14H,6,13H2,1H3. The van der Waals surface area contributed by atoms with E-state index in [9.17, 15) is 0 Å². The number of hydrogen-bond acceptors (Lipinski definition) is 3. The molecule has 0 saturated carbocycles. The molecule has 74 valence electrons. The molecule has 0 spiro atoms. The topological polar surface area (TPSA) is 61.8 Å². The van der Waals surface area contributed by atoms with Crippen molar-refractivity contribution in [3.8, 4) is 6.07 Å². The number of hydrogen-bond donors (Lipinski definition) is 2. The Morgan fingerprint density at radius 2 is 2.36 bits per heavy atom. The number of rotatable bonds is 3. The second-order valence-corrected chi connectivity index (χ2v) is 3.60. The molecule has 0 aliphatic heterocycles. The SMILES string of the molecule is CC(N)CNc1cc(Cl)ccc1C#N. The van der Waals surface area contributed by atoms with Gasteiger partial charge in [-0.2, -0.15) is 5.26 Å². The van der Waals surface area contributed by atoms with Gasteiger partial charge in [0.05, 0.1) is 11.3 Å². The second kappa shape index (κ2) is 4.85. The minimum Gasteiger partial charge on any atom is -0.382 e. The molecule has 14 heavy (non-hydrogen) atoms. The molecule has 1 unspecified atom stereocenters. The molecule has 0 saturated heterocycles. The summed E-state index contributed by atoms with van der Waals surface area (Å²) in [4.78, 5) is 0. The Hall–Kier alpha value is -1.24. The molecule has 3 nitrogen and oxygen atoms in total. The van der Waals surface area contributed by atoms with Gasteiger partial charge in [-0.05, 0) is 25.1 Å². The summed E-state index contributed by atoms with van der Waals surface area (Å²) in [5.41, 5.74) is 6.90. The Labute approximate surface area is 88.5 Å². The lowest BCUT2D eigenvalue weighted by molar-refractivity contribution is 0.780. The zero-order valence-corrected chi connectivity index (χ0v) is 8.67. The van der Waals surface area contributed by atoms with Gasteiger partial charge in [-0.15, -0.1) is 0 Å². The van der Waals surface area contributed by atoms with Gasteiger partial charge in [0.15, 0.2) is 0 Å². The number of nitriles is 1. The van der Waals surface area contributed by atoms with E-state index in [1.54, 1.807) is 18.2 Å². The predicted molar refractivity (Wildman–Crippen MR) is 58.3 cm³/mol. The van der Waals surface area contributed by atoms with Crippen molar-refractivity contribution in [3.05, 3.63) is 28.8 Å². The van der Waals surface area contributed by atoms with Gasteiger partial charge in [0.2, 0.25) is 0 Å². The first kappa shape index (κ1) is 10.8. The van der Waals surface area contributed by atoms with E-state index in [0.29, 0.717) is 17.1 Å². The Morgan fingerprint density at radius 3 is 2.93 bits per heavy atom. The van der Waals surface area contributed by atoms with Crippen LogP contribution in [0, 0.1) is 11.3 Å². The summed E-state index contributed by atoms with van der Waals surface area (Å²) in [6, 6.07) is 7.23. The number of nitrogens with one attached hydrogen (secondary N) is 1. The maximum atomic E-state index is 8.81. The molecule has 0 bridgehead atoms. The summed E-state index contributed by atoms with van der Waals surface area (Å²) in [6.07, 6.45) is 0. The zero-order chi connectivity index (χ0) is 10.6. The van der Waals surface area contributed by atoms with Crippen molar-refractivity contribution < 1.29 is 0 Å². The van der Waals surface area contributed by atoms with Gasteiger partial charge in [-0.1, -0.05) is 11.6 Å². The minimum absolute atomic E-state index is 0.0422. The summed E-state index contributed by atoms with van der Waals surface area (Å²) in [5, 5.41) is 12.5. The fourth-order valence-electron chi connectivity index (χ4n) is 1.03. The lowest BCUT2D eigenvalue weighted by Crippen LogP contribution is -2.25. The van der Waals surface area contributed by atoms with Crippen molar-refractivity contribution >= 4 is 17.3 Å². The smallest absolute Gasteiger partial charge is 0.101 e. The minimum atomic E-state index is 0.0422. The van der Waals surface area contributed by atoms with Gasteiger partial charge >= 0.3 is 0 Å². The average molecular weight is 210 g/mol. The van der Waals surface area contributed by atoms with Crippen LogP contribution in [0.2, 0.25) is 5.02 Å². The molecule has 3 N–H and O–H groups in total. The first-order valence-corrected chi connectivity index (χ1v) is 4.70. The maximum absolute atomic E-state index is 8.81. The third-order valence-corrected chi connectivity index (χ3v) is 1.95. The molecule has 0 heterocycles. The highest BCUT2D eigenvalue weighted by atomic mass is 35.5. The lowest BCUT2D eigenvalue weighted by Gasteiger charge is -2.10. The summed E-state index contributed by atoms with van der Waals surface area (Å²) in [7, 11) is 0. The molecule has 1 rings (SSSR count). The van der Waals surface area contributed by atoms with Crippen LogP contribution in [0.5, 0.6) is 0 Å². The number of nitrogens with zero attached hydrogens (tertiary/aromatic N) is 1. The van der Waals surface area contributed by atoms with Crippen molar-refractivity contribution in [2.45, 2.75) is 13.0 Å². The molecule has 0 radical (unpaired) electrons. The van der Waals surface area contributed by atoms with E-state index in [1.807, 2.05) is 6.92 Å². The summed E-state index contributed by atoms with van der Waals surface area (Å²) in [6.45, 7) is 2.51. The van der Waals surface area contributed by atoms with Crippen LogP contribution in [0.25, 0.3) is 0 Å². The van der Waals surface area contributed by atoms with Crippen LogP contribution in [0.4, 0.5) is 5.69 Å². The third kappa shape index (κ3) is 2.91. The van der Waals surface area contributed by atoms with Crippen LogP contribution < -0.4 is 11.1 Å². The van der Waals surface area contributed by atoms with Crippen LogP contribution in [0.3, 0.4) is 0 Å². The summed E-state index contributed by atoms with van der Waals surface area (Å²) < 4.78 is 0. The molecule has 0 aliphatic carbocycles. The van der Waals surface area contributed by atoms with Crippen molar-refractivity contribution in [1.82, 2.24) is 0 Å². The highest BCUT2D eigenvalue weighted by Gasteiger charge is 2.02. The van der Waals surface area contributed by atoms with E-state index >= 15 is 0 Å². The fraction of sp³-hybridized carbons (Fsp3) is 0.300. The van der Waals surface area contributed by atoms with Crippen molar-refractivity contribution in [3.63, 3.8) is 0 Å². The van der Waals surface area contributed by atoms with E-state index in [1.165, 1.54) is 0 Å². The van der Waals surface area contributed by atoms with Crippen LogP contribution in [0.1, 0.15) is 12.5 Å². The molecule has 0 amide bonds. The average Bonchev–Trinajstić information content (AvgIpc) is 2.15. The fourth-order valence-corrected chi connectivity index (χ4v) is 1.20. The molecular weight excluding hydrogens is 198 g/mol. The van der Waals surface area contributed by atoms with E-state index in [0.717, 1.165) is 5.69 Å². The molecule has 1 aromatic carbocycles. The van der Waals surface area contributed by atoms with Crippen LogP contribution in [0.15, 0.2) is 18.2 Å². The van der Waals surface area contributed by atoms with Crippen molar-refractivity contribution in [2.75, 3.05) is 11.9 Å². The Morgan fingerprint density at radius 1 is 1.64 bits per heavy atom. The number of benzene rings is 1. The van der Waals surface area contributed by atoms with Gasteiger partial charge in [0, 0.05) is 17.6 Å². The molecule has 0 aromatic heterocycles. The largest absolute Gasteiger partial charge is 0.382 e. The van der Waals surface area contributed by atoms with Crippen LogP contribution in [-0.4, -0.2) is 12.6 Å². The molecule has 0 aliphatic rings. The summed E-state index contributed by atoms with van der Waals surface area (Å²) in [5.74, 6) is 0. The van der Waals surface area contributed by atoms with Crippen molar-refractivity contribution in [1.29, 1.82) is 5.26 Å².